The summed E-state index contributed by atoms with van der Waals surface area (Å²) in [6.07, 6.45) is 2.66. The monoisotopic (exact) mass is 278 g/mol. The van der Waals surface area contributed by atoms with Crippen LogP contribution in [0.1, 0.15) is 6.42 Å². The summed E-state index contributed by atoms with van der Waals surface area (Å²) in [5.74, 6) is 0.621. The molecule has 0 saturated carbocycles. The van der Waals surface area contributed by atoms with Gasteiger partial charge in [-0.2, -0.15) is 0 Å². The van der Waals surface area contributed by atoms with Crippen LogP contribution in [0.2, 0.25) is 0 Å². The molecule has 0 aromatic heterocycles. The van der Waals surface area contributed by atoms with E-state index in [0.717, 1.165) is 12.1 Å². The molecule has 0 aliphatic carbocycles. The summed E-state index contributed by atoms with van der Waals surface area (Å²) in [5, 5.41) is 5.81. The van der Waals surface area contributed by atoms with Crippen molar-refractivity contribution in [3.63, 3.8) is 0 Å². The van der Waals surface area contributed by atoms with E-state index in [2.05, 4.69) is 17.2 Å². The van der Waals surface area contributed by atoms with Crippen LogP contribution in [0, 0.1) is 0 Å². The molecule has 0 bridgehead atoms. The van der Waals surface area contributed by atoms with Crippen LogP contribution in [-0.4, -0.2) is 39.3 Å². The Hall–Kier alpha value is -1.85. The topological polar surface area (TPSA) is 59.6 Å². The maximum Gasteiger partial charge on any atom is 0.238 e. The second kappa shape index (κ2) is 10.00. The van der Waals surface area contributed by atoms with Crippen LogP contribution < -0.4 is 15.4 Å². The summed E-state index contributed by atoms with van der Waals surface area (Å²) in [7, 11) is 1.59. The average molecular weight is 278 g/mol. The van der Waals surface area contributed by atoms with E-state index in [1.165, 1.54) is 0 Å². The third kappa shape index (κ3) is 6.92. The maximum atomic E-state index is 11.7. The van der Waals surface area contributed by atoms with Crippen molar-refractivity contribution in [1.29, 1.82) is 0 Å². The van der Waals surface area contributed by atoms with Crippen molar-refractivity contribution in [2.45, 2.75) is 6.42 Å². The predicted octanol–water partition coefficient (Wildman–Crippen LogP) is 1.82. The molecular weight excluding hydrogens is 256 g/mol. The first-order chi connectivity index (χ1) is 9.76. The summed E-state index contributed by atoms with van der Waals surface area (Å²) >= 11 is 0. The van der Waals surface area contributed by atoms with Crippen molar-refractivity contribution in [2.24, 2.45) is 0 Å². The van der Waals surface area contributed by atoms with Crippen LogP contribution >= 0.6 is 0 Å². The number of hydrogen-bond acceptors (Lipinski definition) is 4. The van der Waals surface area contributed by atoms with Crippen LogP contribution in [0.3, 0.4) is 0 Å². The molecule has 0 spiro atoms. The van der Waals surface area contributed by atoms with Crippen LogP contribution in [0.25, 0.3) is 0 Å². The van der Waals surface area contributed by atoms with Crippen molar-refractivity contribution < 1.29 is 14.3 Å². The molecule has 0 fully saturated rings. The largest absolute Gasteiger partial charge is 0.497 e. The zero-order valence-corrected chi connectivity index (χ0v) is 11.9. The van der Waals surface area contributed by atoms with Crippen molar-refractivity contribution in [3.05, 3.63) is 36.9 Å². The normalized spacial score (nSPS) is 10.1. The fourth-order valence-corrected chi connectivity index (χ4v) is 1.52. The molecule has 2 N–H and O–H groups in total. The lowest BCUT2D eigenvalue weighted by atomic mass is 10.3. The van der Waals surface area contributed by atoms with Gasteiger partial charge in [-0.15, -0.1) is 6.58 Å². The molecule has 1 aromatic carbocycles. The Morgan fingerprint density at radius 1 is 1.40 bits per heavy atom. The van der Waals surface area contributed by atoms with E-state index in [9.17, 15) is 4.79 Å². The lowest BCUT2D eigenvalue weighted by Gasteiger charge is -2.08. The van der Waals surface area contributed by atoms with Crippen LogP contribution in [0.15, 0.2) is 36.9 Å². The fourth-order valence-electron chi connectivity index (χ4n) is 1.52. The molecule has 0 radical (unpaired) electrons. The number of methoxy groups -OCH3 is 1. The van der Waals surface area contributed by atoms with E-state index in [4.69, 9.17) is 9.47 Å². The van der Waals surface area contributed by atoms with Gasteiger partial charge in [0.1, 0.15) is 5.75 Å². The minimum Gasteiger partial charge on any atom is -0.497 e. The molecule has 0 aliphatic heterocycles. The Labute approximate surface area is 120 Å². The van der Waals surface area contributed by atoms with Gasteiger partial charge >= 0.3 is 0 Å². The van der Waals surface area contributed by atoms with Crippen molar-refractivity contribution in [3.8, 4) is 5.75 Å². The lowest BCUT2D eigenvalue weighted by Crippen LogP contribution is -2.30. The van der Waals surface area contributed by atoms with Gasteiger partial charge < -0.3 is 20.1 Å². The van der Waals surface area contributed by atoms with E-state index in [1.807, 2.05) is 24.3 Å². The van der Waals surface area contributed by atoms with Crippen molar-refractivity contribution in [2.75, 3.05) is 38.7 Å². The molecule has 0 atom stereocenters. The number of nitrogens with one attached hydrogen (secondary N) is 2. The summed E-state index contributed by atoms with van der Waals surface area (Å²) < 4.78 is 10.4. The number of carbonyl (C=O) groups is 1. The maximum absolute atomic E-state index is 11.7. The zero-order chi connectivity index (χ0) is 14.6. The molecule has 0 aliphatic rings. The van der Waals surface area contributed by atoms with Gasteiger partial charge in [-0.1, -0.05) is 12.1 Å². The van der Waals surface area contributed by atoms with Gasteiger partial charge in [-0.3, -0.25) is 4.79 Å². The zero-order valence-electron chi connectivity index (χ0n) is 11.9. The van der Waals surface area contributed by atoms with Gasteiger partial charge in [0.05, 0.1) is 26.9 Å². The van der Waals surface area contributed by atoms with Gasteiger partial charge in [0.15, 0.2) is 0 Å². The Kier molecular flexibility index (Phi) is 8.10. The molecule has 1 aromatic rings. The van der Waals surface area contributed by atoms with E-state index in [-0.39, 0.29) is 12.5 Å². The number of rotatable bonds is 10. The van der Waals surface area contributed by atoms with Gasteiger partial charge in [-0.25, -0.2) is 0 Å². The summed E-state index contributed by atoms with van der Waals surface area (Å²) in [6, 6.07) is 7.25. The highest BCUT2D eigenvalue weighted by molar-refractivity contribution is 5.92. The van der Waals surface area contributed by atoms with E-state index < -0.39 is 0 Å². The Morgan fingerprint density at radius 3 is 3.00 bits per heavy atom. The summed E-state index contributed by atoms with van der Waals surface area (Å²) in [4.78, 5) is 11.7. The summed E-state index contributed by atoms with van der Waals surface area (Å²) in [6.45, 7) is 5.76. The average Bonchev–Trinajstić information content (AvgIpc) is 2.46. The molecule has 20 heavy (non-hydrogen) atoms. The highest BCUT2D eigenvalue weighted by atomic mass is 16.5. The predicted molar refractivity (Wildman–Crippen MR) is 80.1 cm³/mol. The smallest absolute Gasteiger partial charge is 0.238 e. The van der Waals surface area contributed by atoms with Gasteiger partial charge in [0.25, 0.3) is 0 Å². The highest BCUT2D eigenvalue weighted by Gasteiger charge is 2.02. The Bertz CT molecular complexity index is 421. The number of anilines is 1. The minimum atomic E-state index is -0.0932. The highest BCUT2D eigenvalue weighted by Crippen LogP contribution is 2.16. The quantitative estimate of drug-likeness (QED) is 0.506. The molecule has 5 nitrogen and oxygen atoms in total. The molecule has 0 saturated heterocycles. The van der Waals surface area contributed by atoms with Gasteiger partial charge in [0.2, 0.25) is 5.91 Å². The standard InChI is InChI=1S/C15H22N2O3/c1-3-4-9-20-10-8-16-12-15(18)17-13-6-5-7-14(11-13)19-2/h3,5-7,11,16H,1,4,8-10,12H2,2H3,(H,17,18). The molecule has 0 unspecified atom stereocenters. The first-order valence-electron chi connectivity index (χ1n) is 6.59. The lowest BCUT2D eigenvalue weighted by molar-refractivity contribution is -0.115. The molecule has 110 valence electrons. The molecule has 5 heteroatoms. The van der Waals surface area contributed by atoms with E-state index in [0.29, 0.717) is 25.5 Å². The van der Waals surface area contributed by atoms with Crippen LogP contribution in [0.5, 0.6) is 5.75 Å². The second-order valence-electron chi connectivity index (χ2n) is 4.15. The third-order valence-electron chi connectivity index (χ3n) is 2.53. The number of ether oxygens (including phenoxy) is 2. The Morgan fingerprint density at radius 2 is 2.25 bits per heavy atom. The number of carbonyl (C=O) groups excluding carboxylic acids is 1. The van der Waals surface area contributed by atoms with Gasteiger partial charge in [0, 0.05) is 18.3 Å². The van der Waals surface area contributed by atoms with Gasteiger partial charge in [-0.05, 0) is 18.6 Å². The molecular formula is C15H22N2O3. The fraction of sp³-hybridized carbons (Fsp3) is 0.400. The summed E-state index contributed by atoms with van der Waals surface area (Å²) in [5.41, 5.74) is 0.721. The number of hydrogen-bond donors (Lipinski definition) is 2. The van der Waals surface area contributed by atoms with Crippen molar-refractivity contribution >= 4 is 11.6 Å². The number of benzene rings is 1. The van der Waals surface area contributed by atoms with Crippen molar-refractivity contribution in [1.82, 2.24) is 5.32 Å². The van der Waals surface area contributed by atoms with E-state index >= 15 is 0 Å². The van der Waals surface area contributed by atoms with Crippen LogP contribution in [0.4, 0.5) is 5.69 Å². The van der Waals surface area contributed by atoms with Crippen LogP contribution in [-0.2, 0) is 9.53 Å². The van der Waals surface area contributed by atoms with E-state index in [1.54, 1.807) is 13.2 Å². The Balaban J connectivity index is 2.15. The first-order valence-corrected chi connectivity index (χ1v) is 6.59. The SMILES string of the molecule is C=CCCOCCNCC(=O)Nc1cccc(OC)c1. The first kappa shape index (κ1) is 16.2. The molecule has 1 amide bonds. The number of amides is 1. The molecule has 1 rings (SSSR count). The minimum absolute atomic E-state index is 0.0932. The molecule has 0 heterocycles. The second-order valence-corrected chi connectivity index (χ2v) is 4.15. The third-order valence-corrected chi connectivity index (χ3v) is 2.53.